The Morgan fingerprint density at radius 2 is 2.00 bits per heavy atom. The number of carbonyl (C=O) groups is 1. The number of ketones is 1. The summed E-state index contributed by atoms with van der Waals surface area (Å²) in [5, 5.41) is 11.3. The van der Waals surface area contributed by atoms with Crippen molar-refractivity contribution in [2.24, 2.45) is 5.92 Å². The van der Waals surface area contributed by atoms with Crippen molar-refractivity contribution in [3.05, 3.63) is 34.3 Å². The predicted octanol–water partition coefficient (Wildman–Crippen LogP) is 1.78. The van der Waals surface area contributed by atoms with E-state index in [9.17, 15) is 10.0 Å². The third kappa shape index (κ3) is 1.76. The summed E-state index contributed by atoms with van der Waals surface area (Å²) in [4.78, 5) is 11.8. The Balaban J connectivity index is 3.33. The number of rotatable bonds is 2. The zero-order valence-electron chi connectivity index (χ0n) is 9.00. The van der Waals surface area contributed by atoms with Crippen LogP contribution in [0.1, 0.15) is 35.5 Å². The average molecular weight is 193 g/mol. The molecule has 0 bridgehead atoms. The first-order chi connectivity index (χ1) is 6.45. The van der Waals surface area contributed by atoms with Crippen molar-refractivity contribution >= 4 is 5.78 Å². The van der Waals surface area contributed by atoms with Gasteiger partial charge in [0.05, 0.1) is 5.56 Å². The van der Waals surface area contributed by atoms with Crippen molar-refractivity contribution in [2.45, 2.75) is 27.7 Å². The number of carbonyl (C=O) groups excluding carboxylic acids is 1. The Hall–Kier alpha value is -1.38. The predicted molar refractivity (Wildman–Crippen MR) is 54.0 cm³/mol. The van der Waals surface area contributed by atoms with Gasteiger partial charge in [-0.15, -0.1) is 0 Å². The normalized spacial score (nSPS) is 10.6. The third-order valence-electron chi connectivity index (χ3n) is 2.32. The van der Waals surface area contributed by atoms with Crippen LogP contribution in [0.25, 0.3) is 0 Å². The molecule has 0 N–H and O–H groups in total. The molecule has 1 aromatic rings. The van der Waals surface area contributed by atoms with E-state index in [-0.39, 0.29) is 11.7 Å². The molecule has 3 heteroatoms. The van der Waals surface area contributed by atoms with Crippen LogP contribution in [0.4, 0.5) is 0 Å². The van der Waals surface area contributed by atoms with E-state index in [0.29, 0.717) is 11.3 Å². The van der Waals surface area contributed by atoms with Crippen molar-refractivity contribution in [1.82, 2.24) is 0 Å². The van der Waals surface area contributed by atoms with E-state index in [1.54, 1.807) is 13.0 Å². The zero-order chi connectivity index (χ0) is 10.9. The minimum atomic E-state index is -0.0743. The third-order valence-corrected chi connectivity index (χ3v) is 2.32. The van der Waals surface area contributed by atoms with Crippen molar-refractivity contribution in [1.29, 1.82) is 0 Å². The van der Waals surface area contributed by atoms with Crippen LogP contribution in [-0.2, 0) is 0 Å². The highest BCUT2D eigenvalue weighted by atomic mass is 16.5. The van der Waals surface area contributed by atoms with E-state index in [1.807, 2.05) is 20.8 Å². The lowest BCUT2D eigenvalue weighted by molar-refractivity contribution is -0.612. The first-order valence-corrected chi connectivity index (χ1v) is 4.68. The molecule has 3 nitrogen and oxygen atoms in total. The Bertz CT molecular complexity index is 370. The van der Waals surface area contributed by atoms with Gasteiger partial charge in [0.25, 0.3) is 0 Å². The van der Waals surface area contributed by atoms with Gasteiger partial charge in [-0.2, -0.15) is 4.73 Å². The molecule has 0 fully saturated rings. The fourth-order valence-corrected chi connectivity index (χ4v) is 1.43. The van der Waals surface area contributed by atoms with Gasteiger partial charge in [0.15, 0.2) is 12.0 Å². The van der Waals surface area contributed by atoms with Crippen molar-refractivity contribution in [3.63, 3.8) is 0 Å². The number of hydrogen-bond acceptors (Lipinski definition) is 2. The van der Waals surface area contributed by atoms with Gasteiger partial charge in [0, 0.05) is 18.9 Å². The molecule has 14 heavy (non-hydrogen) atoms. The Morgan fingerprint density at radius 1 is 1.43 bits per heavy atom. The molecular weight excluding hydrogens is 178 g/mol. The number of Topliss-reactive ketones (excluding diaryl/α,β-unsaturated/α-hetero) is 1. The lowest BCUT2D eigenvalue weighted by atomic mass is 9.96. The molecular formula is C11H15NO2. The van der Waals surface area contributed by atoms with Crippen LogP contribution >= 0.6 is 0 Å². The second-order valence-corrected chi connectivity index (χ2v) is 3.80. The van der Waals surface area contributed by atoms with Gasteiger partial charge in [0.2, 0.25) is 5.69 Å². The molecule has 0 aliphatic heterocycles. The summed E-state index contributed by atoms with van der Waals surface area (Å²) in [6.07, 6.45) is 1.43. The minimum Gasteiger partial charge on any atom is -0.618 e. The Labute approximate surface area is 84.0 Å². The van der Waals surface area contributed by atoms with Gasteiger partial charge >= 0.3 is 0 Å². The van der Waals surface area contributed by atoms with Crippen molar-refractivity contribution in [2.75, 3.05) is 0 Å². The van der Waals surface area contributed by atoms with Gasteiger partial charge in [0.1, 0.15) is 0 Å². The molecule has 0 atom stereocenters. The van der Waals surface area contributed by atoms with Crippen LogP contribution in [0, 0.1) is 25.0 Å². The van der Waals surface area contributed by atoms with Crippen LogP contribution in [-0.4, -0.2) is 5.78 Å². The molecule has 0 aliphatic carbocycles. The standard InChI is InChI=1S/C11H15NO2/c1-7(2)11(13)10-8(3)5-6-12(14)9(10)4/h5-7H,1-4H3. The highest BCUT2D eigenvalue weighted by Crippen LogP contribution is 2.14. The molecule has 1 rings (SSSR count). The smallest absolute Gasteiger partial charge is 0.200 e. The largest absolute Gasteiger partial charge is 0.618 e. The monoisotopic (exact) mass is 193 g/mol. The summed E-state index contributed by atoms with van der Waals surface area (Å²) < 4.78 is 0.739. The number of pyridine rings is 1. The maximum absolute atomic E-state index is 11.8. The molecule has 0 radical (unpaired) electrons. The van der Waals surface area contributed by atoms with Gasteiger partial charge < -0.3 is 5.21 Å². The number of aromatic nitrogens is 1. The number of aryl methyl sites for hydroxylation is 1. The van der Waals surface area contributed by atoms with Gasteiger partial charge in [-0.25, -0.2) is 0 Å². The van der Waals surface area contributed by atoms with E-state index in [0.717, 1.165) is 10.3 Å². The van der Waals surface area contributed by atoms with E-state index < -0.39 is 0 Å². The molecule has 0 saturated carbocycles. The number of nitrogens with zero attached hydrogens (tertiary/aromatic N) is 1. The molecule has 0 saturated heterocycles. The summed E-state index contributed by atoms with van der Waals surface area (Å²) in [6, 6.07) is 1.68. The highest BCUT2D eigenvalue weighted by Gasteiger charge is 2.20. The average Bonchev–Trinajstić information content (AvgIpc) is 2.12. The molecule has 1 aromatic heterocycles. The summed E-state index contributed by atoms with van der Waals surface area (Å²) in [7, 11) is 0. The molecule has 0 spiro atoms. The molecule has 0 amide bonds. The topological polar surface area (TPSA) is 44.0 Å². The van der Waals surface area contributed by atoms with Crippen molar-refractivity contribution < 1.29 is 9.52 Å². The second kappa shape index (κ2) is 3.78. The van der Waals surface area contributed by atoms with Crippen LogP contribution in [0.3, 0.4) is 0 Å². The summed E-state index contributed by atoms with van der Waals surface area (Å²) in [6.45, 7) is 7.20. The number of hydrogen-bond donors (Lipinski definition) is 0. The van der Waals surface area contributed by atoms with E-state index in [2.05, 4.69) is 0 Å². The zero-order valence-corrected chi connectivity index (χ0v) is 9.00. The first kappa shape index (κ1) is 10.7. The maximum atomic E-state index is 11.8. The van der Waals surface area contributed by atoms with Crippen LogP contribution in [0.5, 0.6) is 0 Å². The minimum absolute atomic E-state index is 0.0326. The highest BCUT2D eigenvalue weighted by molar-refractivity contribution is 5.99. The summed E-state index contributed by atoms with van der Waals surface area (Å²) in [5.41, 5.74) is 1.93. The van der Waals surface area contributed by atoms with E-state index >= 15 is 0 Å². The SMILES string of the molecule is Cc1cc[n+]([O-])c(C)c1C(=O)C(C)C. The Morgan fingerprint density at radius 3 is 2.50 bits per heavy atom. The molecule has 0 aromatic carbocycles. The molecule has 0 aliphatic rings. The molecule has 76 valence electrons. The molecule has 1 heterocycles. The first-order valence-electron chi connectivity index (χ1n) is 4.68. The Kier molecular flexibility index (Phi) is 2.89. The van der Waals surface area contributed by atoms with Crippen LogP contribution in [0.15, 0.2) is 12.3 Å². The van der Waals surface area contributed by atoms with Crippen LogP contribution < -0.4 is 4.73 Å². The second-order valence-electron chi connectivity index (χ2n) is 3.80. The summed E-state index contributed by atoms with van der Waals surface area (Å²) >= 11 is 0. The van der Waals surface area contributed by atoms with Gasteiger partial charge in [-0.05, 0) is 12.5 Å². The maximum Gasteiger partial charge on any atom is 0.200 e. The van der Waals surface area contributed by atoms with Gasteiger partial charge in [-0.3, -0.25) is 4.79 Å². The van der Waals surface area contributed by atoms with Gasteiger partial charge in [-0.1, -0.05) is 13.8 Å². The molecule has 0 unspecified atom stereocenters. The lowest BCUT2D eigenvalue weighted by Crippen LogP contribution is -2.33. The fraction of sp³-hybridized carbons (Fsp3) is 0.455. The quantitative estimate of drug-likeness (QED) is 0.408. The van der Waals surface area contributed by atoms with E-state index in [4.69, 9.17) is 0 Å². The fourth-order valence-electron chi connectivity index (χ4n) is 1.43. The van der Waals surface area contributed by atoms with E-state index in [1.165, 1.54) is 6.20 Å². The van der Waals surface area contributed by atoms with Crippen LogP contribution in [0.2, 0.25) is 0 Å². The summed E-state index contributed by atoms with van der Waals surface area (Å²) in [5.74, 6) is -0.0417. The van der Waals surface area contributed by atoms with Crippen molar-refractivity contribution in [3.8, 4) is 0 Å². The lowest BCUT2D eigenvalue weighted by Gasteiger charge is -2.10.